The number of amides is 1. The van der Waals surface area contributed by atoms with Crippen molar-refractivity contribution in [1.82, 2.24) is 25.4 Å². The number of hydrogen-bond acceptors (Lipinski definition) is 9. The summed E-state index contributed by atoms with van der Waals surface area (Å²) in [5.74, 6) is 2.17. The van der Waals surface area contributed by atoms with Crippen molar-refractivity contribution < 1.29 is 14.3 Å². The molecule has 1 aliphatic heterocycles. The van der Waals surface area contributed by atoms with E-state index in [2.05, 4.69) is 30.8 Å². The molecule has 0 aliphatic carbocycles. The van der Waals surface area contributed by atoms with Gasteiger partial charge in [0, 0.05) is 28.9 Å². The Morgan fingerprint density at radius 3 is 2.79 bits per heavy atom. The molecule has 33 heavy (non-hydrogen) atoms. The first-order chi connectivity index (χ1) is 16.1. The Balaban J connectivity index is 1.22. The zero-order valence-electron chi connectivity index (χ0n) is 17.7. The number of hydrogen-bond donors (Lipinski definition) is 2. The molecule has 0 spiro atoms. The van der Waals surface area contributed by atoms with Gasteiger partial charge in [0.15, 0.2) is 17.3 Å². The van der Waals surface area contributed by atoms with Crippen LogP contribution in [0.2, 0.25) is 0 Å². The van der Waals surface area contributed by atoms with Crippen molar-refractivity contribution in [3.05, 3.63) is 65.4 Å². The quantitative estimate of drug-likeness (QED) is 0.421. The number of hydrazine groups is 1. The molecule has 9 nitrogen and oxygen atoms in total. The Bertz CT molecular complexity index is 1290. The Morgan fingerprint density at radius 1 is 1.06 bits per heavy atom. The maximum absolute atomic E-state index is 12.5. The van der Waals surface area contributed by atoms with Gasteiger partial charge in [0.1, 0.15) is 29.7 Å². The van der Waals surface area contributed by atoms with Crippen LogP contribution in [-0.4, -0.2) is 39.1 Å². The molecule has 0 atom stereocenters. The lowest BCUT2D eigenvalue weighted by Gasteiger charge is -2.18. The van der Waals surface area contributed by atoms with Gasteiger partial charge in [-0.25, -0.2) is 15.0 Å². The fourth-order valence-electron chi connectivity index (χ4n) is 3.28. The van der Waals surface area contributed by atoms with Gasteiger partial charge >= 0.3 is 0 Å². The van der Waals surface area contributed by atoms with Crippen LogP contribution >= 0.6 is 11.3 Å². The first-order valence-electron chi connectivity index (χ1n) is 10.3. The van der Waals surface area contributed by atoms with Crippen LogP contribution in [0.15, 0.2) is 54.0 Å². The number of carbonyl (C=O) groups is 1. The molecule has 0 radical (unpaired) electrons. The highest BCUT2D eigenvalue weighted by molar-refractivity contribution is 7.13. The second-order valence-electron chi connectivity index (χ2n) is 7.29. The first-order valence-corrected chi connectivity index (χ1v) is 11.2. The van der Waals surface area contributed by atoms with Crippen LogP contribution in [-0.2, 0) is 11.2 Å². The van der Waals surface area contributed by atoms with Crippen LogP contribution in [0.5, 0.6) is 11.5 Å². The monoisotopic (exact) mass is 460 g/mol. The highest BCUT2D eigenvalue weighted by atomic mass is 32.1. The lowest BCUT2D eigenvalue weighted by molar-refractivity contribution is -0.120. The predicted octanol–water partition coefficient (Wildman–Crippen LogP) is 3.43. The van der Waals surface area contributed by atoms with Crippen molar-refractivity contribution in [2.45, 2.75) is 13.3 Å². The smallest absolute Gasteiger partial charge is 0.244 e. The number of thiazole rings is 1. The molecule has 0 unspecified atom stereocenters. The molecule has 3 aromatic heterocycles. The van der Waals surface area contributed by atoms with Gasteiger partial charge < -0.3 is 9.47 Å². The third kappa shape index (κ3) is 4.90. The molecular weight excluding hydrogens is 440 g/mol. The van der Waals surface area contributed by atoms with Gasteiger partial charge in [0.25, 0.3) is 0 Å². The molecule has 1 aromatic carbocycles. The van der Waals surface area contributed by atoms with Crippen molar-refractivity contribution in [1.29, 1.82) is 0 Å². The summed E-state index contributed by atoms with van der Waals surface area (Å²) >= 11 is 1.48. The van der Waals surface area contributed by atoms with E-state index in [0.717, 1.165) is 22.0 Å². The average Bonchev–Trinajstić information content (AvgIpc) is 3.31. The lowest BCUT2D eigenvalue weighted by atomic mass is 10.2. The van der Waals surface area contributed by atoms with Crippen molar-refractivity contribution in [3.8, 4) is 33.6 Å². The van der Waals surface area contributed by atoms with Gasteiger partial charge in [-0.05, 0) is 37.3 Å². The van der Waals surface area contributed by atoms with E-state index in [0.29, 0.717) is 42.0 Å². The van der Waals surface area contributed by atoms with Crippen LogP contribution in [0.1, 0.15) is 11.4 Å². The summed E-state index contributed by atoms with van der Waals surface area (Å²) in [5.41, 5.74) is 8.54. The first kappa shape index (κ1) is 20.8. The van der Waals surface area contributed by atoms with Gasteiger partial charge in [0.2, 0.25) is 5.91 Å². The van der Waals surface area contributed by atoms with Crippen molar-refractivity contribution in [2.75, 3.05) is 18.6 Å². The maximum Gasteiger partial charge on any atom is 0.244 e. The number of anilines is 1. The van der Waals surface area contributed by atoms with Crippen LogP contribution in [0.3, 0.4) is 0 Å². The van der Waals surface area contributed by atoms with E-state index in [-0.39, 0.29) is 12.3 Å². The zero-order valence-corrected chi connectivity index (χ0v) is 18.6. The Labute approximate surface area is 193 Å². The maximum atomic E-state index is 12.5. The Morgan fingerprint density at radius 2 is 1.94 bits per heavy atom. The average molecular weight is 461 g/mol. The molecule has 2 N–H and O–H groups in total. The largest absolute Gasteiger partial charge is 0.486 e. The summed E-state index contributed by atoms with van der Waals surface area (Å²) in [6, 6.07) is 13.0. The molecule has 0 saturated carbocycles. The minimum Gasteiger partial charge on any atom is -0.486 e. The van der Waals surface area contributed by atoms with Crippen LogP contribution in [0, 0.1) is 6.92 Å². The minimum absolute atomic E-state index is 0.130. The van der Waals surface area contributed by atoms with Crippen LogP contribution in [0.4, 0.5) is 5.82 Å². The number of pyridine rings is 1. The number of rotatable bonds is 6. The van der Waals surface area contributed by atoms with Gasteiger partial charge in [-0.1, -0.05) is 6.07 Å². The second kappa shape index (κ2) is 9.21. The SMILES string of the molecule is Cc1cc(NNC(=O)Cc2csc(-c3ccc4c(c3)OCCO4)n2)nc(-c2ccccn2)n1. The van der Waals surface area contributed by atoms with Gasteiger partial charge in [-0.15, -0.1) is 11.3 Å². The molecule has 0 bridgehead atoms. The summed E-state index contributed by atoms with van der Waals surface area (Å²) in [7, 11) is 0. The van der Waals surface area contributed by atoms with Crippen molar-refractivity contribution >= 4 is 23.1 Å². The van der Waals surface area contributed by atoms with E-state index in [4.69, 9.17) is 9.47 Å². The molecule has 4 heterocycles. The van der Waals surface area contributed by atoms with E-state index in [9.17, 15) is 4.79 Å². The lowest BCUT2D eigenvalue weighted by Crippen LogP contribution is -2.31. The Hall–Kier alpha value is -4.05. The van der Waals surface area contributed by atoms with Crippen molar-refractivity contribution in [2.24, 2.45) is 0 Å². The zero-order chi connectivity index (χ0) is 22.6. The van der Waals surface area contributed by atoms with Crippen molar-refractivity contribution in [3.63, 3.8) is 0 Å². The van der Waals surface area contributed by atoms with Crippen LogP contribution < -0.4 is 20.3 Å². The molecular formula is C23H20N6O3S. The molecule has 1 aliphatic rings. The fourth-order valence-corrected chi connectivity index (χ4v) is 4.10. The molecule has 0 saturated heterocycles. The third-order valence-corrected chi connectivity index (χ3v) is 5.70. The van der Waals surface area contributed by atoms with E-state index < -0.39 is 0 Å². The topological polar surface area (TPSA) is 111 Å². The summed E-state index contributed by atoms with van der Waals surface area (Å²) in [6.45, 7) is 2.94. The molecule has 5 rings (SSSR count). The fraction of sp³-hybridized carbons (Fsp3) is 0.174. The summed E-state index contributed by atoms with van der Waals surface area (Å²) in [5, 5.41) is 2.69. The Kier molecular flexibility index (Phi) is 5.81. The molecule has 0 fully saturated rings. The second-order valence-corrected chi connectivity index (χ2v) is 8.14. The van der Waals surface area contributed by atoms with E-state index in [1.807, 2.05) is 48.7 Å². The number of aryl methyl sites for hydroxylation is 1. The predicted molar refractivity (Wildman–Crippen MR) is 124 cm³/mol. The van der Waals surface area contributed by atoms with Gasteiger partial charge in [-0.3, -0.25) is 20.6 Å². The summed E-state index contributed by atoms with van der Waals surface area (Å²) < 4.78 is 11.2. The van der Waals surface area contributed by atoms with E-state index >= 15 is 0 Å². The van der Waals surface area contributed by atoms with Crippen LogP contribution in [0.25, 0.3) is 22.1 Å². The normalized spacial score (nSPS) is 12.3. The summed E-state index contributed by atoms with van der Waals surface area (Å²) in [4.78, 5) is 30.2. The third-order valence-electron chi connectivity index (χ3n) is 4.76. The number of carbonyl (C=O) groups excluding carboxylic acids is 1. The number of fused-ring (bicyclic) bond motifs is 1. The molecule has 4 aromatic rings. The highest BCUT2D eigenvalue weighted by Crippen LogP contribution is 2.35. The number of ether oxygens (including phenoxy) is 2. The number of nitrogens with one attached hydrogen (secondary N) is 2. The molecule has 1 amide bonds. The standard InChI is InChI=1S/C23H20N6O3S/c1-14-10-20(27-22(25-14)17-4-2-3-7-24-17)28-29-21(30)12-16-13-33-23(26-16)15-5-6-18-19(11-15)32-9-8-31-18/h2-7,10-11,13H,8-9,12H2,1H3,(H,29,30)(H,25,27,28). The summed E-state index contributed by atoms with van der Waals surface area (Å²) in [6.07, 6.45) is 1.81. The minimum atomic E-state index is -0.232. The molecule has 10 heteroatoms. The highest BCUT2D eigenvalue weighted by Gasteiger charge is 2.15. The number of nitrogens with zero attached hydrogens (tertiary/aromatic N) is 4. The van der Waals surface area contributed by atoms with Gasteiger partial charge in [-0.2, -0.15) is 0 Å². The molecule has 166 valence electrons. The van der Waals surface area contributed by atoms with E-state index in [1.54, 1.807) is 12.3 Å². The number of aromatic nitrogens is 4. The number of benzene rings is 1. The van der Waals surface area contributed by atoms with Gasteiger partial charge in [0.05, 0.1) is 12.1 Å². The van der Waals surface area contributed by atoms with E-state index in [1.165, 1.54) is 11.3 Å².